The standard InChI is InChI=1S/C24H46O6.C2H2O/c1-2-3-4-5-6-7-8-9-10-11-12-13-14-15-16-17-22(27)30-21(18-25)24-23(28)20(26)19-29-24;1-2-3/h20-21,23-26,28H,2-19H2,1H3;1H2/t20-,21+,23+,24+;/m0./s1. The molecule has 3 N–H and O–H groups in total. The molecule has 1 heterocycles. The van der Waals surface area contributed by atoms with Crippen LogP contribution >= 0.6 is 0 Å². The van der Waals surface area contributed by atoms with Crippen LogP contribution in [-0.4, -0.2) is 64.9 Å². The first-order valence-corrected chi connectivity index (χ1v) is 12.9. The lowest BCUT2D eigenvalue weighted by molar-refractivity contribution is -0.162. The van der Waals surface area contributed by atoms with Crippen LogP contribution in [0.4, 0.5) is 0 Å². The van der Waals surface area contributed by atoms with Crippen LogP contribution in [0.15, 0.2) is 6.58 Å². The van der Waals surface area contributed by atoms with Gasteiger partial charge in [0.05, 0.1) is 13.2 Å². The van der Waals surface area contributed by atoms with Gasteiger partial charge in [0.25, 0.3) is 0 Å². The average Bonchev–Trinajstić information content (AvgIpc) is 3.13. The Hall–Kier alpha value is -1.24. The summed E-state index contributed by atoms with van der Waals surface area (Å²) in [5, 5.41) is 28.7. The lowest BCUT2D eigenvalue weighted by Crippen LogP contribution is -2.43. The van der Waals surface area contributed by atoms with Crippen LogP contribution in [0.3, 0.4) is 0 Å². The van der Waals surface area contributed by atoms with Gasteiger partial charge in [0.2, 0.25) is 0 Å². The maximum Gasteiger partial charge on any atom is 0.306 e. The van der Waals surface area contributed by atoms with E-state index in [0.717, 1.165) is 19.3 Å². The van der Waals surface area contributed by atoms with Crippen molar-refractivity contribution >= 4 is 11.9 Å². The molecule has 33 heavy (non-hydrogen) atoms. The lowest BCUT2D eigenvalue weighted by atomic mass is 10.0. The van der Waals surface area contributed by atoms with Gasteiger partial charge in [-0.1, -0.05) is 96.8 Å². The third-order valence-corrected chi connectivity index (χ3v) is 6.00. The van der Waals surface area contributed by atoms with Crippen molar-refractivity contribution < 1.29 is 34.4 Å². The number of carbonyl (C=O) groups is 1. The SMILES string of the molecule is C=C=O.CCCCCCCCCCCCCCCCCC(=O)O[C@H](CO)[C@H]1OC[C@H](O)[C@H]1O. The highest BCUT2D eigenvalue weighted by molar-refractivity contribution is 5.69. The third kappa shape index (κ3) is 16.9. The first-order chi connectivity index (χ1) is 16.0. The topological polar surface area (TPSA) is 113 Å². The Bertz CT molecular complexity index is 491. The van der Waals surface area contributed by atoms with E-state index in [1.165, 1.54) is 83.0 Å². The van der Waals surface area contributed by atoms with E-state index in [0.29, 0.717) is 6.42 Å². The van der Waals surface area contributed by atoms with Crippen LogP contribution in [0.2, 0.25) is 0 Å². The Kier molecular flexibility index (Phi) is 21.7. The van der Waals surface area contributed by atoms with Gasteiger partial charge < -0.3 is 24.8 Å². The molecule has 0 aromatic heterocycles. The minimum absolute atomic E-state index is 0.0149. The number of aliphatic hydroxyl groups is 3. The molecular weight excluding hydrogens is 424 g/mol. The average molecular weight is 473 g/mol. The zero-order chi connectivity index (χ0) is 24.7. The van der Waals surface area contributed by atoms with Crippen molar-refractivity contribution in [2.45, 2.75) is 134 Å². The number of hydrogen-bond donors (Lipinski definition) is 3. The Morgan fingerprint density at radius 3 is 1.73 bits per heavy atom. The zero-order valence-corrected chi connectivity index (χ0v) is 20.7. The van der Waals surface area contributed by atoms with Crippen LogP contribution < -0.4 is 0 Å². The highest BCUT2D eigenvalue weighted by Crippen LogP contribution is 2.20. The largest absolute Gasteiger partial charge is 0.457 e. The van der Waals surface area contributed by atoms with Crippen LogP contribution in [0.25, 0.3) is 0 Å². The number of aliphatic hydroxyl groups excluding tert-OH is 3. The molecule has 0 radical (unpaired) electrons. The van der Waals surface area contributed by atoms with Crippen molar-refractivity contribution in [2.75, 3.05) is 13.2 Å². The summed E-state index contributed by atoms with van der Waals surface area (Å²) in [7, 11) is 0. The monoisotopic (exact) mass is 472 g/mol. The molecule has 194 valence electrons. The molecule has 4 atom stereocenters. The normalized spacial score (nSPS) is 20.5. The maximum absolute atomic E-state index is 12.0. The Labute approximate surface area is 200 Å². The number of esters is 1. The van der Waals surface area contributed by atoms with E-state index < -0.39 is 31.0 Å². The summed E-state index contributed by atoms with van der Waals surface area (Å²) in [4.78, 5) is 20.5. The maximum atomic E-state index is 12.0. The molecule has 7 heteroatoms. The summed E-state index contributed by atoms with van der Waals surface area (Å²) >= 11 is 0. The minimum atomic E-state index is -1.14. The molecule has 1 saturated heterocycles. The summed E-state index contributed by atoms with van der Waals surface area (Å²) < 4.78 is 10.5. The van der Waals surface area contributed by atoms with Crippen LogP contribution in [-0.2, 0) is 19.1 Å². The zero-order valence-electron chi connectivity index (χ0n) is 20.7. The number of hydrogen-bond acceptors (Lipinski definition) is 7. The molecule has 1 rings (SSSR count). The van der Waals surface area contributed by atoms with Crippen molar-refractivity contribution in [3.05, 3.63) is 6.58 Å². The fourth-order valence-corrected chi connectivity index (χ4v) is 4.03. The van der Waals surface area contributed by atoms with Crippen molar-refractivity contribution in [1.29, 1.82) is 0 Å². The number of carbonyl (C=O) groups excluding carboxylic acids is 2. The highest BCUT2D eigenvalue weighted by atomic mass is 16.6. The summed E-state index contributed by atoms with van der Waals surface area (Å²) in [5.74, 6) is 0.862. The van der Waals surface area contributed by atoms with E-state index in [2.05, 4.69) is 13.5 Å². The van der Waals surface area contributed by atoms with Gasteiger partial charge >= 0.3 is 5.97 Å². The highest BCUT2D eigenvalue weighted by Gasteiger charge is 2.41. The van der Waals surface area contributed by atoms with Crippen LogP contribution in [0.1, 0.15) is 110 Å². The first kappa shape index (κ1) is 31.8. The van der Waals surface area contributed by atoms with Gasteiger partial charge in [0.15, 0.2) is 6.10 Å². The molecule has 0 aromatic rings. The number of rotatable bonds is 19. The molecule has 7 nitrogen and oxygen atoms in total. The minimum Gasteiger partial charge on any atom is -0.457 e. The number of unbranched alkanes of at least 4 members (excludes halogenated alkanes) is 14. The van der Waals surface area contributed by atoms with Gasteiger partial charge in [-0.3, -0.25) is 4.79 Å². The van der Waals surface area contributed by atoms with E-state index in [4.69, 9.17) is 14.3 Å². The van der Waals surface area contributed by atoms with Crippen molar-refractivity contribution in [3.63, 3.8) is 0 Å². The molecule has 0 aliphatic carbocycles. The van der Waals surface area contributed by atoms with Gasteiger partial charge in [0, 0.05) is 6.42 Å². The molecule has 0 saturated carbocycles. The fraction of sp³-hybridized carbons (Fsp3) is 0.885. The van der Waals surface area contributed by atoms with E-state index in [9.17, 15) is 20.1 Å². The van der Waals surface area contributed by atoms with Crippen molar-refractivity contribution in [2.24, 2.45) is 0 Å². The van der Waals surface area contributed by atoms with E-state index in [1.807, 2.05) is 0 Å². The predicted molar refractivity (Wildman–Crippen MR) is 130 cm³/mol. The summed E-state index contributed by atoms with van der Waals surface area (Å²) in [6, 6.07) is 0. The van der Waals surface area contributed by atoms with E-state index in [1.54, 1.807) is 0 Å². The van der Waals surface area contributed by atoms with E-state index in [-0.39, 0.29) is 12.6 Å². The van der Waals surface area contributed by atoms with E-state index >= 15 is 0 Å². The number of ether oxygens (including phenoxy) is 2. The van der Waals surface area contributed by atoms with Gasteiger partial charge in [-0.25, -0.2) is 4.79 Å². The first-order valence-electron chi connectivity index (χ1n) is 12.9. The molecule has 0 bridgehead atoms. The van der Waals surface area contributed by atoms with Crippen molar-refractivity contribution in [1.82, 2.24) is 0 Å². The molecule has 0 unspecified atom stereocenters. The van der Waals surface area contributed by atoms with Crippen LogP contribution in [0, 0.1) is 0 Å². The third-order valence-electron chi connectivity index (χ3n) is 6.00. The van der Waals surface area contributed by atoms with Gasteiger partial charge in [-0.2, -0.15) is 0 Å². The Morgan fingerprint density at radius 1 is 0.939 bits per heavy atom. The Morgan fingerprint density at radius 2 is 1.36 bits per heavy atom. The molecular formula is C26H48O7. The van der Waals surface area contributed by atoms with Crippen LogP contribution in [0.5, 0.6) is 0 Å². The smallest absolute Gasteiger partial charge is 0.306 e. The second kappa shape index (κ2) is 22.5. The lowest BCUT2D eigenvalue weighted by Gasteiger charge is -2.24. The fourth-order valence-electron chi connectivity index (χ4n) is 4.03. The summed E-state index contributed by atoms with van der Waals surface area (Å²) in [6.07, 6.45) is 15.4. The van der Waals surface area contributed by atoms with Gasteiger partial charge in [-0.05, 0) is 13.0 Å². The summed E-state index contributed by atoms with van der Waals surface area (Å²) in [6.45, 7) is 4.49. The molecule has 0 spiro atoms. The molecule has 1 aliphatic heterocycles. The quantitative estimate of drug-likeness (QED) is 0.146. The van der Waals surface area contributed by atoms with Gasteiger partial charge in [-0.15, -0.1) is 0 Å². The Balaban J connectivity index is 0.00000322. The second-order valence-corrected chi connectivity index (χ2v) is 8.91. The predicted octanol–water partition coefficient (Wildman–Crippen LogP) is 4.28. The van der Waals surface area contributed by atoms with Crippen molar-refractivity contribution in [3.8, 4) is 0 Å². The molecule has 1 aliphatic rings. The van der Waals surface area contributed by atoms with Gasteiger partial charge in [0.1, 0.15) is 24.3 Å². The summed E-state index contributed by atoms with van der Waals surface area (Å²) in [5.41, 5.74) is 0. The second-order valence-electron chi connectivity index (χ2n) is 8.91. The molecule has 0 aromatic carbocycles. The molecule has 0 amide bonds. The molecule has 1 fully saturated rings.